The first-order valence-electron chi connectivity index (χ1n) is 11.3. The van der Waals surface area contributed by atoms with Crippen LogP contribution in [0, 0.1) is 0 Å². The fraction of sp³-hybridized carbons (Fsp3) is 0.417. The van der Waals surface area contributed by atoms with Crippen LogP contribution in [0.5, 0.6) is 11.5 Å². The molecule has 0 aliphatic carbocycles. The minimum atomic E-state index is 0.507. The van der Waals surface area contributed by atoms with Gasteiger partial charge in [-0.2, -0.15) is 0 Å². The summed E-state index contributed by atoms with van der Waals surface area (Å²) in [6.45, 7) is 3.17. The molecule has 0 radical (unpaired) electrons. The normalized spacial score (nSPS) is 12.4. The molecule has 2 aliphatic rings. The Labute approximate surface area is 204 Å². The van der Waals surface area contributed by atoms with Crippen LogP contribution in [0.1, 0.15) is 47.9 Å². The van der Waals surface area contributed by atoms with E-state index in [-0.39, 0.29) is 0 Å². The number of halogens is 1. The summed E-state index contributed by atoms with van der Waals surface area (Å²) < 4.78 is 11.3. The van der Waals surface area contributed by atoms with Crippen molar-refractivity contribution >= 4 is 35.4 Å². The highest BCUT2D eigenvalue weighted by Gasteiger charge is 2.12. The van der Waals surface area contributed by atoms with E-state index in [2.05, 4.69) is 20.0 Å². The number of unbranched alkanes of at least 4 members (excludes halogenated alkanes) is 2. The maximum absolute atomic E-state index is 8.13. The first-order chi connectivity index (χ1) is 16.6. The number of nitrogens with zero attached hydrogens (tertiary/aromatic N) is 5. The number of rotatable bonds is 11. The van der Waals surface area contributed by atoms with Gasteiger partial charge in [0.2, 0.25) is 0 Å². The van der Waals surface area contributed by atoms with Gasteiger partial charge in [-0.25, -0.2) is 0 Å². The lowest BCUT2D eigenvalue weighted by atomic mass is 10.1. The third-order valence-corrected chi connectivity index (χ3v) is 5.55. The van der Waals surface area contributed by atoms with Gasteiger partial charge in [-0.1, -0.05) is 5.11 Å². The number of hydrogen-bond donors (Lipinski definition) is 2. The number of benzene rings is 2. The molecule has 0 atom stereocenters. The molecule has 10 heteroatoms. The van der Waals surface area contributed by atoms with Gasteiger partial charge in [0, 0.05) is 29.8 Å². The first kappa shape index (κ1) is 25.2. The van der Waals surface area contributed by atoms with Crippen LogP contribution in [0.3, 0.4) is 0 Å². The molecule has 0 unspecified atom stereocenters. The second-order valence-corrected chi connectivity index (χ2v) is 8.25. The summed E-state index contributed by atoms with van der Waals surface area (Å²) in [6, 6.07) is 7.74. The Kier molecular flexibility index (Phi) is 9.88. The molecule has 2 heterocycles. The van der Waals surface area contributed by atoms with Crippen LogP contribution in [0.15, 0.2) is 39.4 Å². The molecule has 0 saturated heterocycles. The molecule has 0 aromatic heterocycles. The minimum absolute atomic E-state index is 0.507. The highest BCUT2D eigenvalue weighted by Crippen LogP contribution is 2.29. The Morgan fingerprint density at radius 3 is 1.88 bits per heavy atom. The van der Waals surface area contributed by atoms with Crippen LogP contribution < -0.4 is 20.9 Å². The molecule has 0 saturated carbocycles. The van der Waals surface area contributed by atoms with E-state index in [0.717, 1.165) is 54.7 Å². The van der Waals surface area contributed by atoms with E-state index in [1.165, 1.54) is 5.56 Å². The van der Waals surface area contributed by atoms with Crippen LogP contribution in [0.25, 0.3) is 10.4 Å². The van der Waals surface area contributed by atoms with E-state index in [0.29, 0.717) is 49.3 Å². The van der Waals surface area contributed by atoms with Gasteiger partial charge in [0.05, 0.1) is 37.7 Å². The van der Waals surface area contributed by atoms with Crippen LogP contribution in [-0.2, 0) is 13.1 Å². The summed E-state index contributed by atoms with van der Waals surface area (Å²) in [5, 5.41) is 3.46. The summed E-state index contributed by atoms with van der Waals surface area (Å²) in [7, 11) is 0. The number of aliphatic imine (C=N–C) groups is 2. The molecule has 4 rings (SSSR count). The van der Waals surface area contributed by atoms with Crippen molar-refractivity contribution < 1.29 is 9.47 Å². The third-order valence-electron chi connectivity index (χ3n) is 5.29. The predicted molar refractivity (Wildman–Crippen MR) is 138 cm³/mol. The van der Waals surface area contributed by atoms with Crippen LogP contribution >= 0.6 is 11.6 Å². The SMILES string of the molecule is Nc1cc2c(cc1OCCCCCl)CN=C2.[N-]=[N+]=NCCCCOc1cc2c(cc1N)C=NC2. The van der Waals surface area contributed by atoms with Gasteiger partial charge in [0.1, 0.15) is 11.5 Å². The fourth-order valence-electron chi connectivity index (χ4n) is 3.45. The summed E-state index contributed by atoms with van der Waals surface area (Å²) in [5.74, 6) is 2.15. The number of nitrogen functional groups attached to an aromatic ring is 2. The number of azide groups is 1. The van der Waals surface area contributed by atoms with Crippen molar-refractivity contribution in [2.45, 2.75) is 38.8 Å². The lowest BCUT2D eigenvalue weighted by Crippen LogP contribution is -2.02. The Morgan fingerprint density at radius 1 is 0.853 bits per heavy atom. The van der Waals surface area contributed by atoms with E-state index in [1.807, 2.05) is 36.7 Å². The number of nitrogens with two attached hydrogens (primary N) is 2. The van der Waals surface area contributed by atoms with E-state index in [9.17, 15) is 0 Å². The largest absolute Gasteiger partial charge is 0.491 e. The number of anilines is 2. The van der Waals surface area contributed by atoms with E-state index in [1.54, 1.807) is 0 Å². The molecule has 2 aromatic rings. The Morgan fingerprint density at radius 2 is 1.38 bits per heavy atom. The van der Waals surface area contributed by atoms with Gasteiger partial charge in [0.25, 0.3) is 0 Å². The van der Waals surface area contributed by atoms with Crippen LogP contribution in [-0.4, -0.2) is 38.1 Å². The molecule has 2 aliphatic heterocycles. The molecule has 4 N–H and O–H groups in total. The average molecular weight is 484 g/mol. The summed E-state index contributed by atoms with van der Waals surface area (Å²) in [5.41, 5.74) is 25.7. The topological polar surface area (TPSA) is 144 Å². The van der Waals surface area contributed by atoms with Crippen molar-refractivity contribution in [3.8, 4) is 11.5 Å². The number of hydrogen-bond acceptors (Lipinski definition) is 7. The van der Waals surface area contributed by atoms with Gasteiger partial charge in [-0.3, -0.25) is 9.98 Å². The van der Waals surface area contributed by atoms with Gasteiger partial charge < -0.3 is 20.9 Å². The fourth-order valence-corrected chi connectivity index (χ4v) is 3.64. The Balaban J connectivity index is 0.000000192. The molecule has 2 aromatic carbocycles. The van der Waals surface area contributed by atoms with Crippen molar-refractivity contribution in [1.29, 1.82) is 0 Å². The lowest BCUT2D eigenvalue weighted by Gasteiger charge is -2.10. The summed E-state index contributed by atoms with van der Waals surface area (Å²) in [4.78, 5) is 11.1. The molecule has 34 heavy (non-hydrogen) atoms. The van der Waals surface area contributed by atoms with E-state index < -0.39 is 0 Å². The van der Waals surface area contributed by atoms with Gasteiger partial charge >= 0.3 is 0 Å². The zero-order chi connectivity index (χ0) is 24.2. The number of alkyl halides is 1. The number of ether oxygens (including phenoxy) is 2. The molecular weight excluding hydrogens is 454 g/mol. The second-order valence-electron chi connectivity index (χ2n) is 7.87. The highest BCUT2D eigenvalue weighted by atomic mass is 35.5. The molecule has 0 spiro atoms. The maximum atomic E-state index is 8.13. The first-order valence-corrected chi connectivity index (χ1v) is 11.8. The van der Waals surface area contributed by atoms with Gasteiger partial charge in [-0.05, 0) is 77.7 Å². The van der Waals surface area contributed by atoms with Gasteiger partial charge in [0.15, 0.2) is 0 Å². The highest BCUT2D eigenvalue weighted by molar-refractivity contribution is 6.17. The van der Waals surface area contributed by atoms with Crippen molar-refractivity contribution in [3.05, 3.63) is 57.0 Å². The maximum Gasteiger partial charge on any atom is 0.142 e. The minimum Gasteiger partial charge on any atom is -0.491 e. The number of fused-ring (bicyclic) bond motifs is 2. The van der Waals surface area contributed by atoms with Crippen LogP contribution in [0.2, 0.25) is 0 Å². The Bertz CT molecular complexity index is 1080. The molecule has 180 valence electrons. The van der Waals surface area contributed by atoms with Crippen molar-refractivity contribution in [2.75, 3.05) is 37.1 Å². The standard InChI is InChI=1S/C12H15ClN2O.C12H15N5O/c13-3-1-2-4-16-12-6-10-8-15-7-9(10)5-11(12)14;13-11-5-9-7-15-8-10(9)6-12(11)18-4-2-1-3-16-17-14/h5-7H,1-4,8,14H2;5-7H,1-4,8,13H2. The van der Waals surface area contributed by atoms with Crippen molar-refractivity contribution in [1.82, 2.24) is 0 Å². The van der Waals surface area contributed by atoms with Gasteiger partial charge in [-0.15, -0.1) is 11.6 Å². The smallest absolute Gasteiger partial charge is 0.142 e. The zero-order valence-electron chi connectivity index (χ0n) is 19.1. The second kappa shape index (κ2) is 13.3. The van der Waals surface area contributed by atoms with Crippen molar-refractivity contribution in [3.63, 3.8) is 0 Å². The van der Waals surface area contributed by atoms with E-state index in [4.69, 9.17) is 38.1 Å². The monoisotopic (exact) mass is 483 g/mol. The quantitative estimate of drug-likeness (QED) is 0.112. The predicted octanol–water partition coefficient (Wildman–Crippen LogP) is 5.27. The molecule has 0 bridgehead atoms. The summed E-state index contributed by atoms with van der Waals surface area (Å²) in [6.07, 6.45) is 7.26. The summed E-state index contributed by atoms with van der Waals surface area (Å²) >= 11 is 5.59. The third kappa shape index (κ3) is 7.30. The average Bonchev–Trinajstić information content (AvgIpc) is 3.48. The van der Waals surface area contributed by atoms with Crippen LogP contribution in [0.4, 0.5) is 11.4 Å². The molecule has 0 fully saturated rings. The molecule has 0 amide bonds. The zero-order valence-corrected chi connectivity index (χ0v) is 19.9. The molecular formula is C24H30ClN7O2. The Hall–Kier alpha value is -3.42. The molecule has 9 nitrogen and oxygen atoms in total. The van der Waals surface area contributed by atoms with Crippen molar-refractivity contribution in [2.24, 2.45) is 15.1 Å². The van der Waals surface area contributed by atoms with E-state index >= 15 is 0 Å². The lowest BCUT2D eigenvalue weighted by molar-refractivity contribution is 0.309.